The summed E-state index contributed by atoms with van der Waals surface area (Å²) < 4.78 is 8.52. The van der Waals surface area contributed by atoms with E-state index in [9.17, 15) is 14.9 Å². The van der Waals surface area contributed by atoms with Gasteiger partial charge in [-0.2, -0.15) is 5.26 Å². The molecule has 1 fully saturated rings. The van der Waals surface area contributed by atoms with Crippen molar-refractivity contribution >= 4 is 5.91 Å². The Kier molecular flexibility index (Phi) is 4.96. The SMILES string of the molecule is CC1CN(C(=O)c2cn(C)c(=O)n2Cc2ccccc2C#N)CC(C)O1. The van der Waals surface area contributed by atoms with Crippen LogP contribution in [0.1, 0.15) is 35.5 Å². The topological polar surface area (TPSA) is 80.3 Å². The summed E-state index contributed by atoms with van der Waals surface area (Å²) in [6.07, 6.45) is 1.46. The molecule has 0 radical (unpaired) electrons. The second kappa shape index (κ2) is 7.18. The first-order valence-electron chi connectivity index (χ1n) is 8.59. The maximum Gasteiger partial charge on any atom is 0.328 e. The molecular weight excluding hydrogens is 332 g/mol. The van der Waals surface area contributed by atoms with Crippen molar-refractivity contribution in [1.82, 2.24) is 14.0 Å². The molecule has 0 saturated carbocycles. The van der Waals surface area contributed by atoms with Gasteiger partial charge < -0.3 is 14.2 Å². The summed E-state index contributed by atoms with van der Waals surface area (Å²) in [4.78, 5) is 27.3. The molecule has 7 nitrogen and oxygen atoms in total. The fourth-order valence-electron chi connectivity index (χ4n) is 3.37. The van der Waals surface area contributed by atoms with Crippen molar-refractivity contribution in [1.29, 1.82) is 5.26 Å². The zero-order valence-corrected chi connectivity index (χ0v) is 15.2. The standard InChI is InChI=1S/C19H22N4O3/c1-13-9-22(10-14(2)26-13)18(24)17-12-21(3)19(25)23(17)11-16-7-5-4-6-15(16)8-20/h4-7,12-14H,9-11H2,1-3H3. The smallest absolute Gasteiger partial charge is 0.328 e. The van der Waals surface area contributed by atoms with E-state index in [1.807, 2.05) is 19.9 Å². The maximum absolute atomic E-state index is 13.1. The quantitative estimate of drug-likeness (QED) is 0.833. The number of imidazole rings is 1. The van der Waals surface area contributed by atoms with Gasteiger partial charge >= 0.3 is 5.69 Å². The fraction of sp³-hybridized carbons (Fsp3) is 0.421. The normalized spacial score (nSPS) is 20.0. The van der Waals surface area contributed by atoms with Crippen LogP contribution in [0.15, 0.2) is 35.3 Å². The number of carbonyl (C=O) groups is 1. The van der Waals surface area contributed by atoms with Crippen LogP contribution in [-0.2, 0) is 18.3 Å². The van der Waals surface area contributed by atoms with Crippen molar-refractivity contribution in [3.05, 3.63) is 57.8 Å². The third-order valence-electron chi connectivity index (χ3n) is 4.53. The van der Waals surface area contributed by atoms with Crippen molar-refractivity contribution < 1.29 is 9.53 Å². The number of ether oxygens (including phenoxy) is 1. The summed E-state index contributed by atoms with van der Waals surface area (Å²) in [6.45, 7) is 5.01. The number of hydrogen-bond donors (Lipinski definition) is 0. The first-order valence-corrected chi connectivity index (χ1v) is 8.59. The molecule has 1 aliphatic rings. The number of hydrogen-bond acceptors (Lipinski definition) is 4. The van der Waals surface area contributed by atoms with Crippen molar-refractivity contribution in [2.24, 2.45) is 7.05 Å². The van der Waals surface area contributed by atoms with Crippen LogP contribution in [0.3, 0.4) is 0 Å². The van der Waals surface area contributed by atoms with E-state index in [1.54, 1.807) is 36.3 Å². The van der Waals surface area contributed by atoms with Gasteiger partial charge in [-0.3, -0.25) is 9.36 Å². The highest BCUT2D eigenvalue weighted by atomic mass is 16.5. The molecule has 1 saturated heterocycles. The van der Waals surface area contributed by atoms with Gasteiger partial charge in [-0.15, -0.1) is 0 Å². The third-order valence-corrected chi connectivity index (χ3v) is 4.53. The van der Waals surface area contributed by atoms with E-state index in [0.29, 0.717) is 29.9 Å². The molecule has 0 aliphatic carbocycles. The van der Waals surface area contributed by atoms with Crippen molar-refractivity contribution in [2.45, 2.75) is 32.6 Å². The number of morpholine rings is 1. The van der Waals surface area contributed by atoms with Crippen LogP contribution in [0.25, 0.3) is 0 Å². The summed E-state index contributed by atoms with van der Waals surface area (Å²) in [6, 6.07) is 9.23. The monoisotopic (exact) mass is 354 g/mol. The van der Waals surface area contributed by atoms with E-state index >= 15 is 0 Å². The highest BCUT2D eigenvalue weighted by Gasteiger charge is 2.29. The number of nitrogens with zero attached hydrogens (tertiary/aromatic N) is 4. The lowest BCUT2D eigenvalue weighted by atomic mass is 10.1. The molecule has 2 heterocycles. The van der Waals surface area contributed by atoms with Gasteiger partial charge in [-0.25, -0.2) is 4.79 Å². The predicted octanol–water partition coefficient (Wildman–Crippen LogP) is 1.36. The second-order valence-corrected chi connectivity index (χ2v) is 6.73. The molecule has 2 unspecified atom stereocenters. The largest absolute Gasteiger partial charge is 0.372 e. The van der Waals surface area contributed by atoms with Crippen LogP contribution in [0.5, 0.6) is 0 Å². The van der Waals surface area contributed by atoms with Crippen LogP contribution >= 0.6 is 0 Å². The number of aromatic nitrogens is 2. The Balaban J connectivity index is 1.96. The first kappa shape index (κ1) is 18.0. The molecule has 0 bridgehead atoms. The molecule has 2 atom stereocenters. The van der Waals surface area contributed by atoms with Crippen LogP contribution < -0.4 is 5.69 Å². The zero-order valence-electron chi connectivity index (χ0n) is 15.2. The molecule has 7 heteroatoms. The van der Waals surface area contributed by atoms with E-state index in [4.69, 9.17) is 4.74 Å². The van der Waals surface area contributed by atoms with Gasteiger partial charge in [-0.1, -0.05) is 18.2 Å². The van der Waals surface area contributed by atoms with E-state index in [2.05, 4.69) is 6.07 Å². The zero-order chi connectivity index (χ0) is 18.8. The van der Waals surface area contributed by atoms with Gasteiger partial charge in [0.05, 0.1) is 30.4 Å². The highest BCUT2D eigenvalue weighted by molar-refractivity contribution is 5.92. The van der Waals surface area contributed by atoms with Crippen LogP contribution in [0.2, 0.25) is 0 Å². The van der Waals surface area contributed by atoms with Crippen molar-refractivity contribution in [3.63, 3.8) is 0 Å². The van der Waals surface area contributed by atoms with Crippen LogP contribution in [-0.4, -0.2) is 45.2 Å². The lowest BCUT2D eigenvalue weighted by Crippen LogP contribution is -2.48. The second-order valence-electron chi connectivity index (χ2n) is 6.73. The Morgan fingerprint density at radius 2 is 1.92 bits per heavy atom. The highest BCUT2D eigenvalue weighted by Crippen LogP contribution is 2.16. The number of carbonyl (C=O) groups excluding carboxylic acids is 1. The van der Waals surface area contributed by atoms with Gasteiger partial charge in [0.2, 0.25) is 0 Å². The molecule has 1 amide bonds. The molecule has 0 N–H and O–H groups in total. The number of benzene rings is 1. The Hall–Kier alpha value is -2.85. The molecule has 1 aromatic carbocycles. The number of amides is 1. The van der Waals surface area contributed by atoms with Gasteiger partial charge in [0.25, 0.3) is 5.91 Å². The van der Waals surface area contributed by atoms with Gasteiger partial charge in [0.1, 0.15) is 5.69 Å². The van der Waals surface area contributed by atoms with Crippen molar-refractivity contribution in [2.75, 3.05) is 13.1 Å². The molecule has 26 heavy (non-hydrogen) atoms. The summed E-state index contributed by atoms with van der Waals surface area (Å²) in [5, 5.41) is 9.28. The summed E-state index contributed by atoms with van der Waals surface area (Å²) in [5.41, 5.74) is 1.25. The lowest BCUT2D eigenvalue weighted by Gasteiger charge is -2.35. The van der Waals surface area contributed by atoms with E-state index < -0.39 is 0 Å². The molecule has 1 aromatic heterocycles. The Bertz CT molecular complexity index is 912. The average Bonchev–Trinajstić information content (AvgIpc) is 2.89. The number of aryl methyl sites for hydroxylation is 1. The summed E-state index contributed by atoms with van der Waals surface area (Å²) in [5.74, 6) is -0.195. The molecule has 3 rings (SSSR count). The molecule has 2 aromatic rings. The molecule has 1 aliphatic heterocycles. The summed E-state index contributed by atoms with van der Waals surface area (Å²) in [7, 11) is 1.62. The Morgan fingerprint density at radius 1 is 1.27 bits per heavy atom. The number of rotatable bonds is 3. The third kappa shape index (κ3) is 3.41. The Morgan fingerprint density at radius 3 is 2.58 bits per heavy atom. The van der Waals surface area contributed by atoms with Gasteiger partial charge in [0.15, 0.2) is 0 Å². The van der Waals surface area contributed by atoms with Gasteiger partial charge in [-0.05, 0) is 25.5 Å². The Labute approximate surface area is 152 Å². The van der Waals surface area contributed by atoms with Gasteiger partial charge in [0, 0.05) is 26.3 Å². The van der Waals surface area contributed by atoms with Crippen molar-refractivity contribution in [3.8, 4) is 6.07 Å². The molecule has 136 valence electrons. The van der Waals surface area contributed by atoms with Crippen LogP contribution in [0, 0.1) is 11.3 Å². The first-order chi connectivity index (χ1) is 12.4. The van der Waals surface area contributed by atoms with Crippen LogP contribution in [0.4, 0.5) is 0 Å². The minimum Gasteiger partial charge on any atom is -0.372 e. The average molecular weight is 354 g/mol. The molecular formula is C19H22N4O3. The minimum absolute atomic E-state index is 0.0501. The lowest BCUT2D eigenvalue weighted by molar-refractivity contribution is -0.0588. The minimum atomic E-state index is -0.282. The fourth-order valence-corrected chi connectivity index (χ4v) is 3.37. The maximum atomic E-state index is 13.1. The van der Waals surface area contributed by atoms with E-state index in [1.165, 1.54) is 9.13 Å². The van der Waals surface area contributed by atoms with E-state index in [0.717, 1.165) is 0 Å². The van der Waals surface area contributed by atoms with E-state index in [-0.39, 0.29) is 30.3 Å². The predicted molar refractivity (Wildman–Crippen MR) is 95.8 cm³/mol. The summed E-state index contributed by atoms with van der Waals surface area (Å²) >= 11 is 0. The molecule has 0 spiro atoms. The number of nitriles is 1.